The second-order valence-corrected chi connectivity index (χ2v) is 8.63. The second kappa shape index (κ2) is 8.36. The number of hydrogen-bond acceptors (Lipinski definition) is 5. The van der Waals surface area contributed by atoms with Crippen LogP contribution < -0.4 is 10.2 Å². The molecular formula is C23H24N4O2S. The van der Waals surface area contributed by atoms with Gasteiger partial charge in [-0.3, -0.25) is 14.9 Å². The van der Waals surface area contributed by atoms with Gasteiger partial charge in [-0.05, 0) is 61.2 Å². The van der Waals surface area contributed by atoms with E-state index in [1.807, 2.05) is 38.1 Å². The van der Waals surface area contributed by atoms with Crippen LogP contribution >= 0.6 is 11.3 Å². The molecule has 0 saturated carbocycles. The first-order chi connectivity index (χ1) is 14.4. The summed E-state index contributed by atoms with van der Waals surface area (Å²) in [6.45, 7) is 6.67. The smallest absolute Gasteiger partial charge is 0.257 e. The zero-order valence-corrected chi connectivity index (χ0v) is 18.1. The van der Waals surface area contributed by atoms with E-state index in [4.69, 9.17) is 0 Å². The first-order valence-corrected chi connectivity index (χ1v) is 10.9. The van der Waals surface area contributed by atoms with Crippen LogP contribution in [0.5, 0.6) is 0 Å². The normalized spacial score (nSPS) is 16.2. The van der Waals surface area contributed by atoms with Crippen LogP contribution in [0.15, 0.2) is 42.5 Å². The Kier molecular flexibility index (Phi) is 5.63. The lowest BCUT2D eigenvalue weighted by atomic mass is 10.1. The van der Waals surface area contributed by atoms with Crippen molar-refractivity contribution < 1.29 is 9.59 Å². The highest BCUT2D eigenvalue weighted by Crippen LogP contribution is 2.34. The number of aromatic nitrogens is 2. The van der Waals surface area contributed by atoms with Crippen LogP contribution in [-0.4, -0.2) is 28.6 Å². The van der Waals surface area contributed by atoms with Gasteiger partial charge in [0.1, 0.15) is 5.01 Å². The van der Waals surface area contributed by atoms with E-state index in [-0.39, 0.29) is 17.7 Å². The van der Waals surface area contributed by atoms with Crippen molar-refractivity contribution in [2.45, 2.75) is 39.5 Å². The molecule has 1 aromatic heterocycles. The highest BCUT2D eigenvalue weighted by atomic mass is 32.1. The summed E-state index contributed by atoms with van der Waals surface area (Å²) in [5.41, 5.74) is 4.96. The molecule has 2 heterocycles. The standard InChI is InChI=1S/C23H24N4O2S/c1-4-16-6-9-19(10-7-16)27-13-18(12-20(27)28)22-25-26-23(30-22)24-21(29)17-8-5-14(2)15(3)11-17/h5-11,18H,4,12-13H2,1-3H3,(H,24,26,29). The van der Waals surface area contributed by atoms with Crippen molar-refractivity contribution in [1.29, 1.82) is 0 Å². The predicted octanol–water partition coefficient (Wildman–Crippen LogP) is 4.49. The summed E-state index contributed by atoms with van der Waals surface area (Å²) >= 11 is 1.33. The molecule has 1 saturated heterocycles. The fourth-order valence-corrected chi connectivity index (χ4v) is 4.37. The molecule has 2 amide bonds. The molecule has 1 fully saturated rings. The van der Waals surface area contributed by atoms with Crippen LogP contribution in [-0.2, 0) is 11.2 Å². The third-order valence-electron chi connectivity index (χ3n) is 5.56. The topological polar surface area (TPSA) is 75.2 Å². The summed E-state index contributed by atoms with van der Waals surface area (Å²) in [5.74, 6) is -0.144. The van der Waals surface area contributed by atoms with Crippen LogP contribution in [0.2, 0.25) is 0 Å². The zero-order chi connectivity index (χ0) is 21.3. The van der Waals surface area contributed by atoms with Gasteiger partial charge in [0.25, 0.3) is 5.91 Å². The largest absolute Gasteiger partial charge is 0.312 e. The van der Waals surface area contributed by atoms with E-state index in [1.54, 1.807) is 11.0 Å². The van der Waals surface area contributed by atoms with Crippen molar-refractivity contribution in [3.05, 3.63) is 69.7 Å². The van der Waals surface area contributed by atoms with Crippen molar-refractivity contribution in [3.8, 4) is 0 Å². The minimum Gasteiger partial charge on any atom is -0.312 e. The summed E-state index contributed by atoms with van der Waals surface area (Å²) < 4.78 is 0. The Hall–Kier alpha value is -3.06. The van der Waals surface area contributed by atoms with Gasteiger partial charge in [-0.15, -0.1) is 10.2 Å². The lowest BCUT2D eigenvalue weighted by molar-refractivity contribution is -0.117. The molecule has 1 unspecified atom stereocenters. The number of amides is 2. The van der Waals surface area contributed by atoms with Crippen LogP contribution in [0.25, 0.3) is 0 Å². The third kappa shape index (κ3) is 4.11. The Labute approximate surface area is 180 Å². The van der Waals surface area contributed by atoms with Gasteiger partial charge in [-0.25, -0.2) is 0 Å². The lowest BCUT2D eigenvalue weighted by Crippen LogP contribution is -2.24. The minimum absolute atomic E-state index is 0.0203. The minimum atomic E-state index is -0.207. The van der Waals surface area contributed by atoms with Gasteiger partial charge in [0, 0.05) is 30.1 Å². The summed E-state index contributed by atoms with van der Waals surface area (Å²) in [6, 6.07) is 13.7. The summed E-state index contributed by atoms with van der Waals surface area (Å²) in [4.78, 5) is 26.9. The Morgan fingerprint density at radius 3 is 2.60 bits per heavy atom. The fourth-order valence-electron chi connectivity index (χ4n) is 3.54. The molecule has 30 heavy (non-hydrogen) atoms. The fraction of sp³-hybridized carbons (Fsp3) is 0.304. The highest BCUT2D eigenvalue weighted by Gasteiger charge is 2.34. The Balaban J connectivity index is 1.44. The van der Waals surface area contributed by atoms with Gasteiger partial charge in [-0.1, -0.05) is 36.5 Å². The summed E-state index contributed by atoms with van der Waals surface area (Å²) in [7, 11) is 0. The van der Waals surface area contributed by atoms with E-state index in [2.05, 4.69) is 34.6 Å². The monoisotopic (exact) mass is 420 g/mol. The van der Waals surface area contributed by atoms with Crippen molar-refractivity contribution in [3.63, 3.8) is 0 Å². The van der Waals surface area contributed by atoms with Gasteiger partial charge in [0.05, 0.1) is 0 Å². The average Bonchev–Trinajstić information content (AvgIpc) is 3.36. The molecular weight excluding hydrogens is 396 g/mol. The van der Waals surface area contributed by atoms with E-state index in [0.29, 0.717) is 23.7 Å². The quantitative estimate of drug-likeness (QED) is 0.660. The van der Waals surface area contributed by atoms with Crippen LogP contribution in [0, 0.1) is 13.8 Å². The number of anilines is 2. The van der Waals surface area contributed by atoms with Gasteiger partial charge in [-0.2, -0.15) is 0 Å². The van der Waals surface area contributed by atoms with E-state index < -0.39 is 0 Å². The first kappa shape index (κ1) is 20.2. The number of hydrogen-bond donors (Lipinski definition) is 1. The maximum absolute atomic E-state index is 12.6. The number of rotatable bonds is 5. The third-order valence-corrected chi connectivity index (χ3v) is 6.56. The molecule has 6 nitrogen and oxygen atoms in total. The number of benzene rings is 2. The van der Waals surface area contributed by atoms with Crippen LogP contribution in [0.4, 0.5) is 10.8 Å². The zero-order valence-electron chi connectivity index (χ0n) is 17.3. The Morgan fingerprint density at radius 1 is 1.13 bits per heavy atom. The molecule has 1 aliphatic heterocycles. The van der Waals surface area contributed by atoms with E-state index in [1.165, 1.54) is 16.9 Å². The molecule has 1 aliphatic rings. The number of carbonyl (C=O) groups excluding carboxylic acids is 2. The average molecular weight is 421 g/mol. The molecule has 7 heteroatoms. The molecule has 3 aromatic rings. The molecule has 0 radical (unpaired) electrons. The molecule has 154 valence electrons. The van der Waals surface area contributed by atoms with Gasteiger partial charge in [0.2, 0.25) is 11.0 Å². The molecule has 2 aromatic carbocycles. The molecule has 1 atom stereocenters. The summed E-state index contributed by atoms with van der Waals surface area (Å²) in [6.07, 6.45) is 1.37. The number of nitrogens with one attached hydrogen (secondary N) is 1. The summed E-state index contributed by atoms with van der Waals surface area (Å²) in [5, 5.41) is 12.4. The van der Waals surface area contributed by atoms with Gasteiger partial charge >= 0.3 is 0 Å². The number of nitrogens with zero attached hydrogens (tertiary/aromatic N) is 3. The number of carbonyl (C=O) groups is 2. The highest BCUT2D eigenvalue weighted by molar-refractivity contribution is 7.15. The van der Waals surface area contributed by atoms with Crippen LogP contribution in [0.1, 0.15) is 51.3 Å². The Bertz CT molecular complexity index is 1090. The number of aryl methyl sites for hydroxylation is 3. The molecule has 0 spiro atoms. The van der Waals surface area contributed by atoms with Crippen molar-refractivity contribution in [1.82, 2.24) is 10.2 Å². The van der Waals surface area contributed by atoms with E-state index in [9.17, 15) is 9.59 Å². The van der Waals surface area contributed by atoms with Crippen molar-refractivity contribution >= 4 is 34.0 Å². The SMILES string of the molecule is CCc1ccc(N2CC(c3nnc(NC(=O)c4ccc(C)c(C)c4)s3)CC2=O)cc1. The first-order valence-electron chi connectivity index (χ1n) is 10.1. The molecule has 4 rings (SSSR count). The van der Waals surface area contributed by atoms with Gasteiger partial charge in [0.15, 0.2) is 0 Å². The lowest BCUT2D eigenvalue weighted by Gasteiger charge is -2.16. The van der Waals surface area contributed by atoms with Crippen molar-refractivity contribution in [2.75, 3.05) is 16.8 Å². The maximum Gasteiger partial charge on any atom is 0.257 e. The van der Waals surface area contributed by atoms with Crippen LogP contribution in [0.3, 0.4) is 0 Å². The van der Waals surface area contributed by atoms with Gasteiger partial charge < -0.3 is 4.90 Å². The maximum atomic E-state index is 12.6. The molecule has 0 bridgehead atoms. The molecule has 1 N–H and O–H groups in total. The predicted molar refractivity (Wildman–Crippen MR) is 119 cm³/mol. The Morgan fingerprint density at radius 2 is 1.90 bits per heavy atom. The molecule has 0 aliphatic carbocycles. The van der Waals surface area contributed by atoms with E-state index in [0.717, 1.165) is 28.2 Å². The van der Waals surface area contributed by atoms with Crippen molar-refractivity contribution in [2.24, 2.45) is 0 Å². The van der Waals surface area contributed by atoms with E-state index >= 15 is 0 Å². The second-order valence-electron chi connectivity index (χ2n) is 7.62.